The van der Waals surface area contributed by atoms with Crippen molar-refractivity contribution in [1.82, 2.24) is 9.80 Å². The molecule has 0 unspecified atom stereocenters. The summed E-state index contributed by atoms with van der Waals surface area (Å²) >= 11 is 0. The topological polar surface area (TPSA) is 59.1 Å². The first-order chi connectivity index (χ1) is 16.2. The Balaban J connectivity index is 1.35. The maximum atomic E-state index is 13.5. The molecule has 1 fully saturated rings. The molecule has 4 rings (SSSR count). The number of hydrogen-bond acceptors (Lipinski definition) is 4. The molecule has 1 aliphatic rings. The fourth-order valence-electron chi connectivity index (χ4n) is 4.04. The van der Waals surface area contributed by atoms with E-state index in [0.29, 0.717) is 31.9 Å². The monoisotopic (exact) mass is 444 g/mol. The summed E-state index contributed by atoms with van der Waals surface area (Å²) in [6.07, 6.45) is 0. The first kappa shape index (κ1) is 22.4. The Hall–Kier alpha value is -3.80. The number of piperazine rings is 1. The predicted octanol–water partition coefficient (Wildman–Crippen LogP) is 3.58. The second-order valence-electron chi connectivity index (χ2n) is 7.92. The van der Waals surface area contributed by atoms with Crippen LogP contribution in [0.15, 0.2) is 84.9 Å². The Labute approximate surface area is 194 Å². The zero-order valence-corrected chi connectivity index (χ0v) is 18.7. The number of carbonyl (C=O) groups excluding carboxylic acids is 2. The van der Waals surface area contributed by atoms with Crippen molar-refractivity contribution in [3.63, 3.8) is 0 Å². The van der Waals surface area contributed by atoms with E-state index < -0.39 is 0 Å². The van der Waals surface area contributed by atoms with Crippen molar-refractivity contribution >= 4 is 11.8 Å². The van der Waals surface area contributed by atoms with Crippen molar-refractivity contribution in [2.75, 3.05) is 39.9 Å². The number of amides is 2. The lowest BCUT2D eigenvalue weighted by Crippen LogP contribution is -2.52. The van der Waals surface area contributed by atoms with Crippen LogP contribution in [0.5, 0.6) is 11.5 Å². The molecular weight excluding hydrogens is 416 g/mol. The molecule has 6 nitrogen and oxygen atoms in total. The Kier molecular flexibility index (Phi) is 7.25. The summed E-state index contributed by atoms with van der Waals surface area (Å²) in [7, 11) is 1.60. The molecule has 0 aliphatic carbocycles. The quantitative estimate of drug-likeness (QED) is 0.559. The molecule has 0 N–H and O–H groups in total. The van der Waals surface area contributed by atoms with Crippen LogP contribution >= 0.6 is 0 Å². The molecule has 0 atom stereocenters. The average Bonchev–Trinajstić information content (AvgIpc) is 2.89. The van der Waals surface area contributed by atoms with Crippen LogP contribution in [0.3, 0.4) is 0 Å². The van der Waals surface area contributed by atoms with E-state index in [1.807, 2.05) is 65.6 Å². The van der Waals surface area contributed by atoms with E-state index in [4.69, 9.17) is 9.47 Å². The number of hydrogen-bond donors (Lipinski definition) is 0. The van der Waals surface area contributed by atoms with Gasteiger partial charge in [-0.05, 0) is 35.4 Å². The van der Waals surface area contributed by atoms with Crippen molar-refractivity contribution in [3.05, 3.63) is 96.1 Å². The van der Waals surface area contributed by atoms with Gasteiger partial charge in [-0.3, -0.25) is 9.59 Å². The SMILES string of the molecule is COc1ccc(OCC(=O)N2CCN(C(=O)C(c3ccccc3)c3ccccc3)CC2)cc1. The summed E-state index contributed by atoms with van der Waals surface area (Å²) in [4.78, 5) is 29.8. The summed E-state index contributed by atoms with van der Waals surface area (Å²) in [6.45, 7) is 1.96. The Morgan fingerprint density at radius 3 is 1.73 bits per heavy atom. The zero-order valence-electron chi connectivity index (χ0n) is 18.7. The number of nitrogens with zero attached hydrogens (tertiary/aromatic N) is 2. The van der Waals surface area contributed by atoms with Crippen LogP contribution in [-0.2, 0) is 9.59 Å². The predicted molar refractivity (Wildman–Crippen MR) is 126 cm³/mol. The molecule has 33 heavy (non-hydrogen) atoms. The highest BCUT2D eigenvalue weighted by molar-refractivity contribution is 5.87. The number of methoxy groups -OCH3 is 1. The average molecular weight is 445 g/mol. The smallest absolute Gasteiger partial charge is 0.260 e. The minimum absolute atomic E-state index is 0.0308. The van der Waals surface area contributed by atoms with Crippen molar-refractivity contribution in [2.45, 2.75) is 5.92 Å². The summed E-state index contributed by atoms with van der Waals surface area (Å²) in [6, 6.07) is 26.8. The molecular formula is C27H28N2O4. The zero-order chi connectivity index (χ0) is 23.0. The van der Waals surface area contributed by atoms with E-state index in [0.717, 1.165) is 16.9 Å². The summed E-state index contributed by atoms with van der Waals surface area (Å²) < 4.78 is 10.8. The number of ether oxygens (including phenoxy) is 2. The van der Waals surface area contributed by atoms with Gasteiger partial charge in [0.05, 0.1) is 13.0 Å². The molecule has 3 aromatic carbocycles. The molecule has 0 spiro atoms. The van der Waals surface area contributed by atoms with Crippen LogP contribution in [0.4, 0.5) is 0 Å². The minimum atomic E-state index is -0.354. The van der Waals surface area contributed by atoms with Crippen LogP contribution in [0.1, 0.15) is 17.0 Å². The highest BCUT2D eigenvalue weighted by Crippen LogP contribution is 2.27. The highest BCUT2D eigenvalue weighted by atomic mass is 16.5. The molecule has 1 saturated heterocycles. The first-order valence-corrected chi connectivity index (χ1v) is 11.1. The van der Waals surface area contributed by atoms with Gasteiger partial charge in [0.25, 0.3) is 5.91 Å². The third-order valence-electron chi connectivity index (χ3n) is 5.88. The number of rotatable bonds is 7. The normalized spacial score (nSPS) is 13.6. The van der Waals surface area contributed by atoms with Crippen molar-refractivity contribution in [3.8, 4) is 11.5 Å². The van der Waals surface area contributed by atoms with E-state index in [1.54, 1.807) is 36.3 Å². The third kappa shape index (κ3) is 5.52. The lowest BCUT2D eigenvalue weighted by Gasteiger charge is -2.36. The van der Waals surface area contributed by atoms with Gasteiger partial charge >= 0.3 is 0 Å². The molecule has 6 heteroatoms. The van der Waals surface area contributed by atoms with Gasteiger partial charge in [0.1, 0.15) is 11.5 Å². The summed E-state index contributed by atoms with van der Waals surface area (Å²) in [5.74, 6) is 0.980. The molecule has 0 aromatic heterocycles. The fourth-order valence-corrected chi connectivity index (χ4v) is 4.04. The first-order valence-electron chi connectivity index (χ1n) is 11.1. The third-order valence-corrected chi connectivity index (χ3v) is 5.88. The molecule has 3 aromatic rings. The van der Waals surface area contributed by atoms with Gasteiger partial charge in [-0.1, -0.05) is 60.7 Å². The second kappa shape index (κ2) is 10.7. The highest BCUT2D eigenvalue weighted by Gasteiger charge is 2.30. The van der Waals surface area contributed by atoms with Gasteiger partial charge in [0.2, 0.25) is 5.91 Å². The maximum absolute atomic E-state index is 13.5. The van der Waals surface area contributed by atoms with Crippen LogP contribution < -0.4 is 9.47 Å². The summed E-state index contributed by atoms with van der Waals surface area (Å²) in [5, 5.41) is 0. The van der Waals surface area contributed by atoms with Crippen molar-refractivity contribution in [1.29, 1.82) is 0 Å². The number of benzene rings is 3. The van der Waals surface area contributed by atoms with E-state index in [2.05, 4.69) is 0 Å². The van der Waals surface area contributed by atoms with Crippen LogP contribution in [0.25, 0.3) is 0 Å². The molecule has 170 valence electrons. The lowest BCUT2D eigenvalue weighted by molar-refractivity contribution is -0.141. The van der Waals surface area contributed by atoms with E-state index in [1.165, 1.54) is 0 Å². The van der Waals surface area contributed by atoms with E-state index >= 15 is 0 Å². The molecule has 0 bridgehead atoms. The molecule has 0 radical (unpaired) electrons. The minimum Gasteiger partial charge on any atom is -0.497 e. The van der Waals surface area contributed by atoms with Gasteiger partial charge < -0.3 is 19.3 Å². The largest absolute Gasteiger partial charge is 0.497 e. The Morgan fingerprint density at radius 1 is 0.727 bits per heavy atom. The van der Waals surface area contributed by atoms with Gasteiger partial charge in [-0.25, -0.2) is 0 Å². The van der Waals surface area contributed by atoms with E-state index in [-0.39, 0.29) is 24.3 Å². The van der Waals surface area contributed by atoms with Gasteiger partial charge in [0.15, 0.2) is 6.61 Å². The lowest BCUT2D eigenvalue weighted by atomic mass is 9.90. The van der Waals surface area contributed by atoms with Crippen molar-refractivity contribution < 1.29 is 19.1 Å². The fraction of sp³-hybridized carbons (Fsp3) is 0.259. The second-order valence-corrected chi connectivity index (χ2v) is 7.92. The molecule has 1 aliphatic heterocycles. The van der Waals surface area contributed by atoms with E-state index in [9.17, 15) is 9.59 Å². The van der Waals surface area contributed by atoms with Crippen molar-refractivity contribution in [2.24, 2.45) is 0 Å². The molecule has 1 heterocycles. The van der Waals surface area contributed by atoms with Gasteiger partial charge in [0, 0.05) is 26.2 Å². The van der Waals surface area contributed by atoms with Crippen LogP contribution in [0.2, 0.25) is 0 Å². The Bertz CT molecular complexity index is 1010. The standard InChI is InChI=1S/C27H28N2O4/c1-32-23-12-14-24(15-13-23)33-20-25(30)28-16-18-29(19-17-28)27(31)26(21-8-4-2-5-9-21)22-10-6-3-7-11-22/h2-15,26H,16-20H2,1H3. The number of carbonyl (C=O) groups is 2. The molecule has 2 amide bonds. The van der Waals surface area contributed by atoms with Crippen LogP contribution in [0, 0.1) is 0 Å². The Morgan fingerprint density at radius 2 is 1.21 bits per heavy atom. The van der Waals surface area contributed by atoms with Gasteiger partial charge in [-0.2, -0.15) is 0 Å². The van der Waals surface area contributed by atoms with Crippen LogP contribution in [-0.4, -0.2) is 61.5 Å². The van der Waals surface area contributed by atoms with Gasteiger partial charge in [-0.15, -0.1) is 0 Å². The maximum Gasteiger partial charge on any atom is 0.260 e. The molecule has 0 saturated carbocycles. The summed E-state index contributed by atoms with van der Waals surface area (Å²) in [5.41, 5.74) is 1.94.